The van der Waals surface area contributed by atoms with Gasteiger partial charge in [0.1, 0.15) is 5.60 Å². The summed E-state index contributed by atoms with van der Waals surface area (Å²) in [5.74, 6) is -0.503. The highest BCUT2D eigenvalue weighted by molar-refractivity contribution is 8.16. The number of aromatic nitrogens is 1. The van der Waals surface area contributed by atoms with Crippen LogP contribution in [0.25, 0.3) is 0 Å². The lowest BCUT2D eigenvalue weighted by Gasteiger charge is -2.37. The molecule has 1 aromatic carbocycles. The van der Waals surface area contributed by atoms with Crippen LogP contribution in [0.5, 0.6) is 0 Å². The largest absolute Gasteiger partial charge is 0.456 e. The van der Waals surface area contributed by atoms with Crippen molar-refractivity contribution >= 4 is 28.8 Å². The number of nitrogens with zero attached hydrogens (tertiary/aromatic N) is 3. The number of allylic oxidation sites excluding steroid dienone is 1. The molecular formula is C28H32N4O3S. The SMILES string of the molecule is CC1=C(C(=O)OC(C)(C)C)C(c2cc(C)ccc2C)N2C(CC(=O)NCc3ccncc3)=CSC2=N1. The van der Waals surface area contributed by atoms with Crippen molar-refractivity contribution in [2.24, 2.45) is 4.99 Å². The average molecular weight is 505 g/mol. The van der Waals surface area contributed by atoms with Gasteiger partial charge in [0, 0.05) is 24.6 Å². The fraction of sp³-hybridized carbons (Fsp3) is 0.357. The van der Waals surface area contributed by atoms with Gasteiger partial charge in [0.2, 0.25) is 5.91 Å². The molecule has 1 atom stereocenters. The highest BCUT2D eigenvalue weighted by Crippen LogP contribution is 2.46. The van der Waals surface area contributed by atoms with Crippen LogP contribution >= 0.6 is 11.8 Å². The highest BCUT2D eigenvalue weighted by atomic mass is 32.2. The second-order valence-corrected chi connectivity index (χ2v) is 10.9. The van der Waals surface area contributed by atoms with Crippen molar-refractivity contribution < 1.29 is 14.3 Å². The summed E-state index contributed by atoms with van der Waals surface area (Å²) in [4.78, 5) is 37.2. The Morgan fingerprint density at radius 2 is 1.83 bits per heavy atom. The molecule has 0 saturated carbocycles. The van der Waals surface area contributed by atoms with Crippen molar-refractivity contribution in [3.05, 3.63) is 87.4 Å². The first kappa shape index (κ1) is 25.7. The zero-order valence-electron chi connectivity index (χ0n) is 21.6. The van der Waals surface area contributed by atoms with Gasteiger partial charge in [0.15, 0.2) is 5.17 Å². The van der Waals surface area contributed by atoms with Crippen molar-refractivity contribution in [2.45, 2.75) is 66.2 Å². The van der Waals surface area contributed by atoms with Gasteiger partial charge in [-0.05, 0) is 75.8 Å². The Kier molecular flexibility index (Phi) is 7.36. The summed E-state index contributed by atoms with van der Waals surface area (Å²) >= 11 is 1.47. The summed E-state index contributed by atoms with van der Waals surface area (Å²) in [6, 6.07) is 9.52. The monoisotopic (exact) mass is 504 g/mol. The van der Waals surface area contributed by atoms with Crippen LogP contribution in [-0.2, 0) is 20.9 Å². The fourth-order valence-electron chi connectivity index (χ4n) is 4.24. The number of esters is 1. The van der Waals surface area contributed by atoms with Crippen molar-refractivity contribution in [1.29, 1.82) is 0 Å². The van der Waals surface area contributed by atoms with Gasteiger partial charge in [-0.1, -0.05) is 35.5 Å². The maximum Gasteiger partial charge on any atom is 0.338 e. The molecule has 2 aliphatic heterocycles. The number of hydrogen-bond acceptors (Lipinski definition) is 7. The molecule has 1 amide bonds. The van der Waals surface area contributed by atoms with E-state index in [4.69, 9.17) is 9.73 Å². The molecule has 0 aliphatic carbocycles. The molecule has 8 heteroatoms. The standard InChI is InChI=1S/C28H32N4O3S/c1-17-7-8-18(2)22(13-17)25-24(26(34)35-28(4,5)6)19(3)31-27-32(25)21(16-36-27)14-23(33)30-15-20-9-11-29-12-10-20/h7-13,16,25H,14-15H2,1-6H3,(H,30,33). The number of aliphatic imine (C=N–C) groups is 1. The summed E-state index contributed by atoms with van der Waals surface area (Å²) in [6.07, 6.45) is 3.57. The number of carbonyl (C=O) groups is 2. The first-order valence-corrected chi connectivity index (χ1v) is 12.8. The van der Waals surface area contributed by atoms with Gasteiger partial charge in [-0.25, -0.2) is 9.79 Å². The number of amidine groups is 1. The number of carbonyl (C=O) groups excluding carboxylic acids is 2. The molecule has 7 nitrogen and oxygen atoms in total. The van der Waals surface area contributed by atoms with E-state index in [2.05, 4.69) is 28.5 Å². The molecule has 0 spiro atoms. The second-order valence-electron chi connectivity index (χ2n) is 10.1. The van der Waals surface area contributed by atoms with Gasteiger partial charge in [-0.15, -0.1) is 0 Å². The zero-order valence-corrected chi connectivity index (χ0v) is 22.4. The van der Waals surface area contributed by atoms with E-state index < -0.39 is 17.6 Å². The first-order valence-electron chi connectivity index (χ1n) is 11.9. The first-order chi connectivity index (χ1) is 17.0. The third-order valence-electron chi connectivity index (χ3n) is 5.93. The Balaban J connectivity index is 1.67. The number of aryl methyl sites for hydroxylation is 2. The maximum atomic E-state index is 13.5. The third kappa shape index (κ3) is 5.70. The molecule has 2 aliphatic rings. The topological polar surface area (TPSA) is 83.9 Å². The quantitative estimate of drug-likeness (QED) is 0.536. The number of nitrogens with one attached hydrogen (secondary N) is 1. The summed E-state index contributed by atoms with van der Waals surface area (Å²) in [7, 11) is 0. The van der Waals surface area contributed by atoms with Gasteiger partial charge < -0.3 is 15.0 Å². The Morgan fingerprint density at radius 3 is 2.53 bits per heavy atom. The Morgan fingerprint density at radius 1 is 1.11 bits per heavy atom. The van der Waals surface area contributed by atoms with Crippen LogP contribution < -0.4 is 5.32 Å². The molecular weight excluding hydrogens is 472 g/mol. The lowest BCUT2D eigenvalue weighted by molar-refractivity contribution is -0.150. The van der Waals surface area contributed by atoms with Crippen LogP contribution in [-0.4, -0.2) is 32.5 Å². The minimum absolute atomic E-state index is 0.107. The number of ether oxygens (including phenoxy) is 1. The number of amides is 1. The van der Waals surface area contributed by atoms with Crippen LogP contribution in [0.2, 0.25) is 0 Å². The third-order valence-corrected chi connectivity index (χ3v) is 6.82. The van der Waals surface area contributed by atoms with E-state index in [-0.39, 0.29) is 12.3 Å². The van der Waals surface area contributed by atoms with E-state index in [0.717, 1.165) is 33.1 Å². The van der Waals surface area contributed by atoms with E-state index in [9.17, 15) is 9.59 Å². The number of benzene rings is 1. The summed E-state index contributed by atoms with van der Waals surface area (Å²) in [6.45, 7) is 11.9. The van der Waals surface area contributed by atoms with Crippen molar-refractivity contribution in [1.82, 2.24) is 15.2 Å². The van der Waals surface area contributed by atoms with Crippen LogP contribution in [0.4, 0.5) is 0 Å². The number of pyridine rings is 1. The maximum absolute atomic E-state index is 13.5. The summed E-state index contributed by atoms with van der Waals surface area (Å²) < 4.78 is 5.82. The normalized spacial score (nSPS) is 17.4. The molecule has 0 fully saturated rings. The number of fused-ring (bicyclic) bond motifs is 1. The predicted molar refractivity (Wildman–Crippen MR) is 143 cm³/mol. The van der Waals surface area contributed by atoms with E-state index in [0.29, 0.717) is 17.8 Å². The predicted octanol–water partition coefficient (Wildman–Crippen LogP) is 5.32. The van der Waals surface area contributed by atoms with E-state index in [1.165, 1.54) is 11.8 Å². The second kappa shape index (κ2) is 10.3. The van der Waals surface area contributed by atoms with Crippen molar-refractivity contribution in [3.63, 3.8) is 0 Å². The van der Waals surface area contributed by atoms with Crippen LogP contribution in [0, 0.1) is 13.8 Å². The van der Waals surface area contributed by atoms with Gasteiger partial charge in [-0.2, -0.15) is 0 Å². The highest BCUT2D eigenvalue weighted by Gasteiger charge is 2.42. The number of hydrogen-bond donors (Lipinski definition) is 1. The molecule has 36 heavy (non-hydrogen) atoms. The zero-order chi connectivity index (χ0) is 26.0. The Hall–Kier alpha value is -3.39. The minimum Gasteiger partial charge on any atom is -0.456 e. The Bertz CT molecular complexity index is 1280. The molecule has 3 heterocycles. The lowest BCUT2D eigenvalue weighted by atomic mass is 9.89. The van der Waals surface area contributed by atoms with Gasteiger partial charge in [-0.3, -0.25) is 9.78 Å². The van der Waals surface area contributed by atoms with Gasteiger partial charge in [0.05, 0.1) is 23.7 Å². The summed E-state index contributed by atoms with van der Waals surface area (Å²) in [5.41, 5.74) is 5.39. The molecule has 188 valence electrons. The fourth-order valence-corrected chi connectivity index (χ4v) is 5.21. The van der Waals surface area contributed by atoms with Crippen LogP contribution in [0.15, 0.2) is 70.1 Å². The molecule has 1 aromatic heterocycles. The molecule has 0 bridgehead atoms. The number of thioether (sulfide) groups is 1. The van der Waals surface area contributed by atoms with Crippen molar-refractivity contribution in [2.75, 3.05) is 0 Å². The molecule has 2 aromatic rings. The minimum atomic E-state index is -0.647. The molecule has 0 radical (unpaired) electrons. The molecule has 0 saturated heterocycles. The van der Waals surface area contributed by atoms with Gasteiger partial charge >= 0.3 is 5.97 Å². The van der Waals surface area contributed by atoms with Crippen LogP contribution in [0.3, 0.4) is 0 Å². The number of rotatable bonds is 6. The Labute approximate surface area is 216 Å². The molecule has 4 rings (SSSR count). The molecule has 1 unspecified atom stereocenters. The van der Waals surface area contributed by atoms with Crippen molar-refractivity contribution in [3.8, 4) is 0 Å². The smallest absolute Gasteiger partial charge is 0.338 e. The summed E-state index contributed by atoms with van der Waals surface area (Å²) in [5, 5.41) is 5.69. The van der Waals surface area contributed by atoms with Gasteiger partial charge in [0.25, 0.3) is 0 Å². The van der Waals surface area contributed by atoms with E-state index in [1.807, 2.05) is 64.0 Å². The van der Waals surface area contributed by atoms with E-state index in [1.54, 1.807) is 12.4 Å². The van der Waals surface area contributed by atoms with E-state index >= 15 is 0 Å². The lowest BCUT2D eigenvalue weighted by Crippen LogP contribution is -2.39. The van der Waals surface area contributed by atoms with Crippen LogP contribution in [0.1, 0.15) is 62.4 Å². The average Bonchev–Trinajstić information content (AvgIpc) is 3.19. The molecule has 1 N–H and O–H groups in total.